The number of anilines is 2. The van der Waals surface area contributed by atoms with Gasteiger partial charge in [-0.05, 0) is 55.3 Å². The van der Waals surface area contributed by atoms with Gasteiger partial charge in [-0.1, -0.05) is 18.2 Å². The van der Waals surface area contributed by atoms with Crippen LogP contribution < -0.4 is 14.5 Å². The van der Waals surface area contributed by atoms with Gasteiger partial charge < -0.3 is 24.7 Å². The molecular formula is C25H31N3O6. The molecule has 2 aromatic rings. The van der Waals surface area contributed by atoms with Crippen LogP contribution in [0.3, 0.4) is 0 Å². The molecule has 4 rings (SSSR count). The van der Waals surface area contributed by atoms with E-state index in [-0.39, 0.29) is 5.91 Å². The van der Waals surface area contributed by atoms with E-state index in [9.17, 15) is 4.79 Å². The lowest BCUT2D eigenvalue weighted by molar-refractivity contribution is -0.159. The number of para-hydroxylation sites is 1. The predicted molar refractivity (Wildman–Crippen MR) is 129 cm³/mol. The Balaban J connectivity index is 0.000000481. The third-order valence-electron chi connectivity index (χ3n) is 6.04. The number of carbonyl (C=O) groups is 3. The van der Waals surface area contributed by atoms with Crippen LogP contribution in [0.25, 0.3) is 0 Å². The molecule has 34 heavy (non-hydrogen) atoms. The fourth-order valence-electron chi connectivity index (χ4n) is 4.22. The largest absolute Gasteiger partial charge is 0.497 e. The van der Waals surface area contributed by atoms with E-state index in [1.54, 1.807) is 7.11 Å². The van der Waals surface area contributed by atoms with Crippen molar-refractivity contribution in [2.24, 2.45) is 0 Å². The van der Waals surface area contributed by atoms with Crippen molar-refractivity contribution in [1.29, 1.82) is 0 Å². The number of hydrogen-bond acceptors (Lipinski definition) is 6. The first-order valence-corrected chi connectivity index (χ1v) is 11.3. The summed E-state index contributed by atoms with van der Waals surface area (Å²) in [6.07, 6.45) is 2.53. The fraction of sp³-hybridized carbons (Fsp3) is 0.400. The van der Waals surface area contributed by atoms with Gasteiger partial charge in [-0.25, -0.2) is 9.59 Å². The van der Waals surface area contributed by atoms with E-state index in [0.717, 1.165) is 63.5 Å². The van der Waals surface area contributed by atoms with Crippen molar-refractivity contribution in [2.75, 3.05) is 56.2 Å². The fourth-order valence-corrected chi connectivity index (χ4v) is 4.22. The lowest BCUT2D eigenvalue weighted by Crippen LogP contribution is -2.47. The highest BCUT2D eigenvalue weighted by Gasteiger charge is 2.24. The predicted octanol–water partition coefficient (Wildman–Crippen LogP) is 2.34. The van der Waals surface area contributed by atoms with Crippen LogP contribution in [0.2, 0.25) is 0 Å². The van der Waals surface area contributed by atoms with Crippen molar-refractivity contribution >= 4 is 29.2 Å². The van der Waals surface area contributed by atoms with Crippen LogP contribution in [-0.4, -0.2) is 79.3 Å². The molecule has 0 aromatic heterocycles. The summed E-state index contributed by atoms with van der Waals surface area (Å²) in [4.78, 5) is 37.5. The quantitative estimate of drug-likeness (QED) is 0.621. The summed E-state index contributed by atoms with van der Waals surface area (Å²) >= 11 is 0. The third kappa shape index (κ3) is 6.71. The number of piperazine rings is 1. The van der Waals surface area contributed by atoms with Gasteiger partial charge >= 0.3 is 11.9 Å². The average Bonchev–Trinajstić information content (AvgIpc) is 2.86. The number of carboxylic acids is 2. The van der Waals surface area contributed by atoms with Gasteiger partial charge in [0.25, 0.3) is 0 Å². The van der Waals surface area contributed by atoms with E-state index in [1.807, 2.05) is 23.1 Å². The molecule has 2 aromatic carbocycles. The number of hydrogen-bond donors (Lipinski definition) is 2. The molecule has 1 saturated heterocycles. The maximum atomic E-state index is 12.4. The minimum absolute atomic E-state index is 0.267. The first-order chi connectivity index (χ1) is 16.4. The van der Waals surface area contributed by atoms with Crippen molar-refractivity contribution < 1.29 is 29.3 Å². The highest BCUT2D eigenvalue weighted by Crippen LogP contribution is 2.27. The Kier molecular flexibility index (Phi) is 8.86. The number of nitrogens with zero attached hydrogens (tertiary/aromatic N) is 3. The maximum absolute atomic E-state index is 12.4. The Labute approximate surface area is 199 Å². The van der Waals surface area contributed by atoms with Crippen LogP contribution in [0, 0.1) is 0 Å². The van der Waals surface area contributed by atoms with Crippen molar-refractivity contribution in [3.8, 4) is 5.75 Å². The summed E-state index contributed by atoms with van der Waals surface area (Å²) in [5.41, 5.74) is 3.68. The Morgan fingerprint density at radius 2 is 1.53 bits per heavy atom. The van der Waals surface area contributed by atoms with Gasteiger partial charge in [-0.2, -0.15) is 0 Å². The number of carboxylic acid groups (broad SMARTS) is 2. The summed E-state index contributed by atoms with van der Waals surface area (Å²) in [5.74, 6) is -2.48. The van der Waals surface area contributed by atoms with E-state index >= 15 is 0 Å². The maximum Gasteiger partial charge on any atom is 0.414 e. The molecule has 0 bridgehead atoms. The molecule has 0 unspecified atom stereocenters. The number of carbonyl (C=O) groups excluding carboxylic acids is 1. The zero-order chi connectivity index (χ0) is 24.5. The molecule has 2 N–H and O–H groups in total. The molecular weight excluding hydrogens is 438 g/mol. The number of aliphatic carboxylic acids is 2. The Bertz CT molecular complexity index is 974. The van der Waals surface area contributed by atoms with E-state index in [4.69, 9.17) is 24.5 Å². The first kappa shape index (κ1) is 25.0. The number of fused-ring (bicyclic) bond motifs is 1. The molecule has 0 spiro atoms. The molecule has 0 saturated carbocycles. The first-order valence-electron chi connectivity index (χ1n) is 11.3. The van der Waals surface area contributed by atoms with Crippen LogP contribution in [0.5, 0.6) is 5.75 Å². The molecule has 2 aliphatic heterocycles. The van der Waals surface area contributed by atoms with E-state index < -0.39 is 11.9 Å². The van der Waals surface area contributed by atoms with Gasteiger partial charge in [0, 0.05) is 50.5 Å². The topological polar surface area (TPSA) is 111 Å². The molecule has 0 radical (unpaired) electrons. The number of aryl methyl sites for hydroxylation is 1. The van der Waals surface area contributed by atoms with Gasteiger partial charge in [-0.3, -0.25) is 9.69 Å². The number of methoxy groups -OCH3 is 1. The number of ether oxygens (including phenoxy) is 1. The molecule has 1 fully saturated rings. The van der Waals surface area contributed by atoms with Gasteiger partial charge in [0.15, 0.2) is 0 Å². The lowest BCUT2D eigenvalue weighted by Gasteiger charge is -2.36. The number of amides is 1. The lowest BCUT2D eigenvalue weighted by atomic mass is 10.0. The summed E-state index contributed by atoms with van der Waals surface area (Å²) < 4.78 is 5.24. The molecule has 0 aliphatic carbocycles. The Morgan fingerprint density at radius 3 is 2.15 bits per heavy atom. The summed E-state index contributed by atoms with van der Waals surface area (Å²) in [6, 6.07) is 16.6. The highest BCUT2D eigenvalue weighted by molar-refractivity contribution is 6.27. The smallest absolute Gasteiger partial charge is 0.414 e. The SMILES string of the molecule is COc1ccc(N2CCN(CCCN3C(=O)CCc4ccccc43)CC2)cc1.O=C(O)C(=O)O. The standard InChI is InChI=1S/C23H29N3O2.C2H2O4/c1-28-21-10-8-20(9-11-21)25-17-15-24(16-18-25)13-4-14-26-22-6-3-2-5-19(22)7-12-23(26)27;3-1(4)2(5)6/h2-3,5-6,8-11H,4,7,12-18H2,1H3;(H,3,4)(H,5,6). The van der Waals surface area contributed by atoms with Crippen LogP contribution in [-0.2, 0) is 20.8 Å². The van der Waals surface area contributed by atoms with Gasteiger partial charge in [0.1, 0.15) is 5.75 Å². The monoisotopic (exact) mass is 469 g/mol. The average molecular weight is 470 g/mol. The summed E-state index contributed by atoms with van der Waals surface area (Å²) in [7, 11) is 1.70. The zero-order valence-corrected chi connectivity index (χ0v) is 19.4. The molecule has 2 aliphatic rings. The number of rotatable bonds is 6. The molecule has 182 valence electrons. The van der Waals surface area contributed by atoms with Crippen LogP contribution >= 0.6 is 0 Å². The minimum atomic E-state index is -1.82. The summed E-state index contributed by atoms with van der Waals surface area (Å²) in [6.45, 7) is 6.07. The second-order valence-electron chi connectivity index (χ2n) is 8.16. The molecule has 9 heteroatoms. The van der Waals surface area contributed by atoms with Crippen LogP contribution in [0.1, 0.15) is 18.4 Å². The van der Waals surface area contributed by atoms with Crippen molar-refractivity contribution in [2.45, 2.75) is 19.3 Å². The van der Waals surface area contributed by atoms with E-state index in [2.05, 4.69) is 40.1 Å². The minimum Gasteiger partial charge on any atom is -0.497 e. The zero-order valence-electron chi connectivity index (χ0n) is 19.4. The van der Waals surface area contributed by atoms with Crippen molar-refractivity contribution in [1.82, 2.24) is 4.90 Å². The third-order valence-corrected chi connectivity index (χ3v) is 6.04. The number of benzene rings is 2. The molecule has 0 atom stereocenters. The Hall–Kier alpha value is -3.59. The van der Waals surface area contributed by atoms with E-state index in [1.165, 1.54) is 11.3 Å². The molecule has 2 heterocycles. The highest BCUT2D eigenvalue weighted by atomic mass is 16.5. The second kappa shape index (κ2) is 12.0. The van der Waals surface area contributed by atoms with Gasteiger partial charge in [0.05, 0.1) is 7.11 Å². The van der Waals surface area contributed by atoms with Crippen LogP contribution in [0.4, 0.5) is 11.4 Å². The van der Waals surface area contributed by atoms with Gasteiger partial charge in [0.2, 0.25) is 5.91 Å². The van der Waals surface area contributed by atoms with Crippen LogP contribution in [0.15, 0.2) is 48.5 Å². The molecule has 9 nitrogen and oxygen atoms in total. The second-order valence-corrected chi connectivity index (χ2v) is 8.16. The van der Waals surface area contributed by atoms with Gasteiger partial charge in [-0.15, -0.1) is 0 Å². The summed E-state index contributed by atoms with van der Waals surface area (Å²) in [5, 5.41) is 14.8. The Morgan fingerprint density at radius 1 is 0.882 bits per heavy atom. The van der Waals surface area contributed by atoms with Crippen molar-refractivity contribution in [3.63, 3.8) is 0 Å². The van der Waals surface area contributed by atoms with Crippen molar-refractivity contribution in [3.05, 3.63) is 54.1 Å². The molecule has 1 amide bonds. The van der Waals surface area contributed by atoms with E-state index in [0.29, 0.717) is 6.42 Å². The normalized spacial score (nSPS) is 15.7.